The van der Waals surface area contributed by atoms with Crippen molar-refractivity contribution >= 4 is 103 Å². The van der Waals surface area contributed by atoms with Crippen LogP contribution in [0.3, 0.4) is 0 Å². The molecule has 0 aliphatic heterocycles. The molecular formula is C51H28N2O2. The van der Waals surface area contributed by atoms with Gasteiger partial charge in [-0.05, 0) is 98.7 Å². The lowest BCUT2D eigenvalue weighted by atomic mass is 9.94. The number of rotatable bonds is 2. The fourth-order valence-corrected chi connectivity index (χ4v) is 9.57. The summed E-state index contributed by atoms with van der Waals surface area (Å²) in [5.74, 6) is 0. The predicted octanol–water partition coefficient (Wildman–Crippen LogP) is 13.2. The number of hydrogen-bond donors (Lipinski definition) is 0. The van der Waals surface area contributed by atoms with Crippen LogP contribution in [-0.2, 0) is 0 Å². The van der Waals surface area contributed by atoms with Crippen LogP contribution in [0.1, 0.15) is 0 Å². The monoisotopic (exact) mass is 700 g/mol. The Bertz CT molecular complexity index is 3860. The zero-order valence-electron chi connectivity index (χ0n) is 29.4. The summed E-state index contributed by atoms with van der Waals surface area (Å²) in [6.07, 6.45) is 0. The molecule has 4 nitrogen and oxygen atoms in total. The summed E-state index contributed by atoms with van der Waals surface area (Å²) in [7, 11) is 0. The first-order valence-corrected chi connectivity index (χ1v) is 18.7. The van der Waals surface area contributed by atoms with Crippen LogP contribution in [0.25, 0.3) is 120 Å². The quantitative estimate of drug-likeness (QED) is 0.168. The van der Waals surface area contributed by atoms with Crippen molar-refractivity contribution in [2.24, 2.45) is 0 Å². The van der Waals surface area contributed by atoms with Crippen molar-refractivity contribution in [1.82, 2.24) is 8.97 Å². The van der Waals surface area contributed by atoms with E-state index >= 15 is 0 Å². The molecule has 4 heteroatoms. The highest BCUT2D eigenvalue weighted by molar-refractivity contribution is 6.23. The van der Waals surface area contributed by atoms with E-state index < -0.39 is 0 Å². The van der Waals surface area contributed by atoms with Gasteiger partial charge >= 0.3 is 0 Å². The van der Waals surface area contributed by atoms with Crippen molar-refractivity contribution in [1.29, 1.82) is 0 Å². The lowest BCUT2D eigenvalue weighted by Crippen LogP contribution is -2.12. The molecule has 0 spiro atoms. The molecule has 254 valence electrons. The standard InChI is InChI=1S/C51H28N2O2/c54-51-41-13-2-1-9-35(41)43-27-32(28-44-37-11-4-7-15-46(37)53(51)48(43)44)30-19-17-29-18-20-31-25-33(21-22-34(31)42(29)26-30)52-45-14-6-3-10-36(45)39-23-24-40-38-12-5-8-16-47(38)55-50(40)49(39)52/h1-28H. The molecule has 0 unspecified atom stereocenters. The van der Waals surface area contributed by atoms with Gasteiger partial charge in [-0.3, -0.25) is 9.20 Å². The first kappa shape index (κ1) is 29.1. The van der Waals surface area contributed by atoms with Crippen LogP contribution < -0.4 is 5.56 Å². The fourth-order valence-electron chi connectivity index (χ4n) is 9.57. The van der Waals surface area contributed by atoms with Crippen molar-refractivity contribution in [3.63, 3.8) is 0 Å². The Morgan fingerprint density at radius 1 is 0.382 bits per heavy atom. The summed E-state index contributed by atoms with van der Waals surface area (Å²) < 4.78 is 10.9. The number of aromatic nitrogens is 2. The molecule has 0 saturated carbocycles. The number of hydrogen-bond acceptors (Lipinski definition) is 2. The van der Waals surface area contributed by atoms with E-state index in [1.807, 2.05) is 34.7 Å². The van der Waals surface area contributed by atoms with E-state index in [0.717, 1.165) is 87.8 Å². The largest absolute Gasteiger partial charge is 0.454 e. The number of pyridine rings is 1. The van der Waals surface area contributed by atoms with Gasteiger partial charge in [-0.1, -0.05) is 109 Å². The molecular weight excluding hydrogens is 673 g/mol. The normalized spacial score (nSPS) is 12.4. The van der Waals surface area contributed by atoms with Gasteiger partial charge in [0.2, 0.25) is 0 Å². The Hall–Kier alpha value is -7.43. The molecule has 0 aliphatic carbocycles. The maximum atomic E-state index is 13.9. The molecule has 0 saturated heterocycles. The van der Waals surface area contributed by atoms with Gasteiger partial charge in [0.15, 0.2) is 5.58 Å². The van der Waals surface area contributed by atoms with Gasteiger partial charge in [0.1, 0.15) is 5.58 Å². The second-order valence-electron chi connectivity index (χ2n) is 14.8. The summed E-state index contributed by atoms with van der Waals surface area (Å²) in [6, 6.07) is 60.3. The molecule has 13 aromatic rings. The van der Waals surface area contributed by atoms with Gasteiger partial charge in [0, 0.05) is 48.8 Å². The average Bonchev–Trinajstić information content (AvgIpc) is 3.90. The van der Waals surface area contributed by atoms with Gasteiger partial charge in [0.05, 0.1) is 22.1 Å². The number of nitrogens with zero attached hydrogens (tertiary/aromatic N) is 2. The molecule has 55 heavy (non-hydrogen) atoms. The zero-order valence-corrected chi connectivity index (χ0v) is 29.4. The Balaban J connectivity index is 1.05. The van der Waals surface area contributed by atoms with Gasteiger partial charge in [-0.15, -0.1) is 0 Å². The van der Waals surface area contributed by atoms with Crippen LogP contribution in [-0.4, -0.2) is 8.97 Å². The molecule has 0 aliphatic rings. The molecule has 13 rings (SSSR count). The van der Waals surface area contributed by atoms with Crippen molar-refractivity contribution in [3.8, 4) is 16.8 Å². The van der Waals surface area contributed by atoms with Crippen molar-refractivity contribution in [2.45, 2.75) is 0 Å². The van der Waals surface area contributed by atoms with Crippen LogP contribution in [0.4, 0.5) is 0 Å². The molecule has 0 amide bonds. The molecule has 4 heterocycles. The molecule has 0 N–H and O–H groups in total. The van der Waals surface area contributed by atoms with Crippen LogP contribution in [0.15, 0.2) is 179 Å². The van der Waals surface area contributed by atoms with E-state index in [1.165, 1.54) is 32.3 Å². The van der Waals surface area contributed by atoms with Crippen molar-refractivity contribution < 1.29 is 4.42 Å². The van der Waals surface area contributed by atoms with Crippen LogP contribution in [0, 0.1) is 0 Å². The number of fused-ring (bicyclic) bond motifs is 15. The van der Waals surface area contributed by atoms with E-state index in [2.05, 4.69) is 144 Å². The second kappa shape index (κ2) is 10.4. The third kappa shape index (κ3) is 3.77. The molecule has 9 aromatic carbocycles. The Morgan fingerprint density at radius 2 is 1.00 bits per heavy atom. The van der Waals surface area contributed by atoms with Crippen molar-refractivity contribution in [3.05, 3.63) is 180 Å². The predicted molar refractivity (Wildman–Crippen MR) is 229 cm³/mol. The van der Waals surface area contributed by atoms with Crippen LogP contribution in [0.5, 0.6) is 0 Å². The third-order valence-electron chi connectivity index (χ3n) is 12.0. The first-order chi connectivity index (χ1) is 27.2. The van der Waals surface area contributed by atoms with E-state index in [4.69, 9.17) is 4.42 Å². The minimum absolute atomic E-state index is 0.0292. The maximum absolute atomic E-state index is 13.9. The Kier molecular flexibility index (Phi) is 5.48. The van der Waals surface area contributed by atoms with E-state index in [9.17, 15) is 4.79 Å². The lowest BCUT2D eigenvalue weighted by Gasteiger charge is -2.13. The summed E-state index contributed by atoms with van der Waals surface area (Å²) in [5, 5.41) is 14.4. The molecule has 0 atom stereocenters. The number of furan rings is 1. The minimum atomic E-state index is 0.0292. The van der Waals surface area contributed by atoms with E-state index in [1.54, 1.807) is 0 Å². The SMILES string of the molecule is O=c1c2ccccc2c2cc(-c3ccc4ccc5cc(-n6c7ccccc7c7ccc8c9ccccc9oc8c76)ccc5c4c3)cc3c4ccccc4n1c23. The van der Waals surface area contributed by atoms with Crippen LogP contribution in [0.2, 0.25) is 0 Å². The second-order valence-corrected chi connectivity index (χ2v) is 14.8. The van der Waals surface area contributed by atoms with Crippen molar-refractivity contribution in [2.75, 3.05) is 0 Å². The highest BCUT2D eigenvalue weighted by Crippen LogP contribution is 2.42. The lowest BCUT2D eigenvalue weighted by molar-refractivity contribution is 0.671. The van der Waals surface area contributed by atoms with Gasteiger partial charge in [-0.2, -0.15) is 0 Å². The molecule has 0 radical (unpaired) electrons. The average molecular weight is 701 g/mol. The molecule has 0 bridgehead atoms. The topological polar surface area (TPSA) is 39.5 Å². The molecule has 0 fully saturated rings. The third-order valence-corrected chi connectivity index (χ3v) is 12.0. The number of benzene rings is 9. The Morgan fingerprint density at radius 3 is 1.85 bits per heavy atom. The maximum Gasteiger partial charge on any atom is 0.263 e. The minimum Gasteiger partial charge on any atom is -0.454 e. The van der Waals surface area contributed by atoms with Crippen LogP contribution >= 0.6 is 0 Å². The highest BCUT2D eigenvalue weighted by atomic mass is 16.3. The summed E-state index contributed by atoms with van der Waals surface area (Å²) in [6.45, 7) is 0. The molecule has 4 aromatic heterocycles. The summed E-state index contributed by atoms with van der Waals surface area (Å²) in [4.78, 5) is 13.9. The zero-order chi connectivity index (χ0) is 35.9. The number of para-hydroxylation sites is 3. The van der Waals surface area contributed by atoms with E-state index in [0.29, 0.717) is 0 Å². The van der Waals surface area contributed by atoms with Gasteiger partial charge in [0.25, 0.3) is 5.56 Å². The summed E-state index contributed by atoms with van der Waals surface area (Å²) >= 11 is 0. The highest BCUT2D eigenvalue weighted by Gasteiger charge is 2.21. The summed E-state index contributed by atoms with van der Waals surface area (Å²) in [5.41, 5.74) is 9.36. The van der Waals surface area contributed by atoms with Gasteiger partial charge < -0.3 is 8.98 Å². The fraction of sp³-hybridized carbons (Fsp3) is 0. The Labute approximate surface area is 312 Å². The van der Waals surface area contributed by atoms with Gasteiger partial charge in [-0.25, -0.2) is 0 Å². The first-order valence-electron chi connectivity index (χ1n) is 18.7. The van der Waals surface area contributed by atoms with E-state index in [-0.39, 0.29) is 5.56 Å². The smallest absolute Gasteiger partial charge is 0.263 e.